The first-order valence-electron chi connectivity index (χ1n) is 6.10. The maximum atomic E-state index is 13.5. The molecule has 0 heterocycles. The molecule has 0 aromatic heterocycles. The summed E-state index contributed by atoms with van der Waals surface area (Å²) in [6, 6.07) is 4.04. The van der Waals surface area contributed by atoms with Crippen LogP contribution >= 0.6 is 0 Å². The largest absolute Gasteiger partial charge is 0.494 e. The van der Waals surface area contributed by atoms with Crippen molar-refractivity contribution in [1.29, 1.82) is 0 Å². The van der Waals surface area contributed by atoms with Crippen molar-refractivity contribution in [3.63, 3.8) is 0 Å². The Morgan fingerprint density at radius 1 is 1.50 bits per heavy atom. The van der Waals surface area contributed by atoms with Gasteiger partial charge >= 0.3 is 0 Å². The summed E-state index contributed by atoms with van der Waals surface area (Å²) in [5.74, 6) is -0.202. The Hall–Kier alpha value is -1.42. The van der Waals surface area contributed by atoms with Gasteiger partial charge in [0.15, 0.2) is 17.3 Å². The standard InChI is InChI=1S/C14H20FNO2/c1-4-9(2)14(16)12(17)8-10-5-6-13(18-3)11(15)7-10/h5-7,9,14H,4,8,16H2,1-3H3. The van der Waals surface area contributed by atoms with Gasteiger partial charge in [-0.3, -0.25) is 4.79 Å². The number of rotatable bonds is 6. The normalized spacial score (nSPS) is 14.1. The molecule has 0 aliphatic carbocycles. The maximum Gasteiger partial charge on any atom is 0.165 e. The van der Waals surface area contributed by atoms with Crippen LogP contribution in [0.3, 0.4) is 0 Å². The Morgan fingerprint density at radius 3 is 2.67 bits per heavy atom. The number of carbonyl (C=O) groups excluding carboxylic acids is 1. The van der Waals surface area contributed by atoms with Gasteiger partial charge in [0.2, 0.25) is 0 Å². The summed E-state index contributed by atoms with van der Waals surface area (Å²) in [7, 11) is 1.40. The molecule has 0 saturated carbocycles. The number of benzene rings is 1. The third-order valence-corrected chi connectivity index (χ3v) is 3.22. The van der Waals surface area contributed by atoms with Crippen LogP contribution in [-0.2, 0) is 11.2 Å². The number of carbonyl (C=O) groups is 1. The minimum atomic E-state index is -0.486. The van der Waals surface area contributed by atoms with Crippen molar-refractivity contribution >= 4 is 5.78 Å². The lowest BCUT2D eigenvalue weighted by atomic mass is 9.93. The highest BCUT2D eigenvalue weighted by Gasteiger charge is 2.19. The highest BCUT2D eigenvalue weighted by Crippen LogP contribution is 2.18. The van der Waals surface area contributed by atoms with E-state index in [2.05, 4.69) is 0 Å². The van der Waals surface area contributed by atoms with Crippen LogP contribution in [0.5, 0.6) is 5.75 Å². The van der Waals surface area contributed by atoms with Crippen molar-refractivity contribution in [1.82, 2.24) is 0 Å². The maximum absolute atomic E-state index is 13.5. The van der Waals surface area contributed by atoms with E-state index >= 15 is 0 Å². The monoisotopic (exact) mass is 253 g/mol. The zero-order valence-electron chi connectivity index (χ0n) is 11.1. The second-order valence-electron chi connectivity index (χ2n) is 4.52. The van der Waals surface area contributed by atoms with Gasteiger partial charge in [-0.25, -0.2) is 4.39 Å². The van der Waals surface area contributed by atoms with Gasteiger partial charge in [-0.05, 0) is 23.6 Å². The molecular weight excluding hydrogens is 233 g/mol. The molecule has 1 rings (SSSR count). The summed E-state index contributed by atoms with van der Waals surface area (Å²) in [6.45, 7) is 3.93. The van der Waals surface area contributed by atoms with E-state index in [4.69, 9.17) is 10.5 Å². The molecule has 0 spiro atoms. The fourth-order valence-corrected chi connectivity index (χ4v) is 1.71. The molecule has 0 radical (unpaired) electrons. The fourth-order valence-electron chi connectivity index (χ4n) is 1.71. The molecular formula is C14H20FNO2. The van der Waals surface area contributed by atoms with Crippen molar-refractivity contribution in [2.45, 2.75) is 32.7 Å². The molecule has 2 atom stereocenters. The van der Waals surface area contributed by atoms with Crippen LogP contribution < -0.4 is 10.5 Å². The van der Waals surface area contributed by atoms with Crippen molar-refractivity contribution in [2.75, 3.05) is 7.11 Å². The molecule has 0 amide bonds. The summed E-state index contributed by atoms with van der Waals surface area (Å²) < 4.78 is 18.3. The molecule has 3 nitrogen and oxygen atoms in total. The fraction of sp³-hybridized carbons (Fsp3) is 0.500. The molecule has 0 fully saturated rings. The van der Waals surface area contributed by atoms with E-state index in [1.165, 1.54) is 19.2 Å². The second kappa shape index (κ2) is 6.50. The van der Waals surface area contributed by atoms with Gasteiger partial charge in [0.05, 0.1) is 13.2 Å². The van der Waals surface area contributed by atoms with Crippen LogP contribution in [0, 0.1) is 11.7 Å². The van der Waals surface area contributed by atoms with E-state index in [9.17, 15) is 9.18 Å². The minimum absolute atomic E-state index is 0.0612. The Labute approximate surface area is 107 Å². The Balaban J connectivity index is 2.73. The van der Waals surface area contributed by atoms with E-state index < -0.39 is 11.9 Å². The molecule has 0 aliphatic heterocycles. The van der Waals surface area contributed by atoms with E-state index in [1.54, 1.807) is 6.07 Å². The van der Waals surface area contributed by atoms with Crippen molar-refractivity contribution in [3.05, 3.63) is 29.6 Å². The van der Waals surface area contributed by atoms with E-state index in [1.807, 2.05) is 13.8 Å². The highest BCUT2D eigenvalue weighted by molar-refractivity contribution is 5.86. The number of Topliss-reactive ketones (excluding diaryl/α,β-unsaturated/α-hetero) is 1. The third-order valence-electron chi connectivity index (χ3n) is 3.22. The first-order valence-corrected chi connectivity index (χ1v) is 6.10. The number of ether oxygens (including phenoxy) is 1. The van der Waals surface area contributed by atoms with Gasteiger partial charge in [0, 0.05) is 6.42 Å². The first-order chi connectivity index (χ1) is 8.49. The lowest BCUT2D eigenvalue weighted by Crippen LogP contribution is -2.37. The topological polar surface area (TPSA) is 52.3 Å². The van der Waals surface area contributed by atoms with Crippen molar-refractivity contribution in [3.8, 4) is 5.75 Å². The third kappa shape index (κ3) is 3.53. The molecule has 18 heavy (non-hydrogen) atoms. The van der Waals surface area contributed by atoms with Gasteiger partial charge in [0.25, 0.3) is 0 Å². The molecule has 2 N–H and O–H groups in total. The van der Waals surface area contributed by atoms with E-state index in [0.29, 0.717) is 5.56 Å². The van der Waals surface area contributed by atoms with Crippen molar-refractivity contribution < 1.29 is 13.9 Å². The predicted octanol–water partition coefficient (Wildman–Crippen LogP) is 2.32. The lowest BCUT2D eigenvalue weighted by Gasteiger charge is -2.17. The van der Waals surface area contributed by atoms with Crippen LogP contribution in [0.25, 0.3) is 0 Å². The number of nitrogens with two attached hydrogens (primary N) is 1. The van der Waals surface area contributed by atoms with E-state index in [0.717, 1.165) is 6.42 Å². The van der Waals surface area contributed by atoms with E-state index in [-0.39, 0.29) is 23.9 Å². The van der Waals surface area contributed by atoms with Gasteiger partial charge in [-0.2, -0.15) is 0 Å². The quantitative estimate of drug-likeness (QED) is 0.846. The SMILES string of the molecule is CCC(C)C(N)C(=O)Cc1ccc(OC)c(F)c1. The molecule has 1 aromatic carbocycles. The smallest absolute Gasteiger partial charge is 0.165 e. The number of halogens is 1. The average Bonchev–Trinajstić information content (AvgIpc) is 2.37. The Morgan fingerprint density at radius 2 is 2.17 bits per heavy atom. The molecule has 1 aromatic rings. The van der Waals surface area contributed by atoms with Crippen LogP contribution in [-0.4, -0.2) is 18.9 Å². The summed E-state index contributed by atoms with van der Waals surface area (Å²) in [4.78, 5) is 11.9. The summed E-state index contributed by atoms with van der Waals surface area (Å²) >= 11 is 0. The second-order valence-corrected chi connectivity index (χ2v) is 4.52. The van der Waals surface area contributed by atoms with Gasteiger partial charge in [0.1, 0.15) is 0 Å². The summed E-state index contributed by atoms with van der Waals surface area (Å²) in [5.41, 5.74) is 6.47. The lowest BCUT2D eigenvalue weighted by molar-refractivity contribution is -0.120. The van der Waals surface area contributed by atoms with Crippen LogP contribution in [0.4, 0.5) is 4.39 Å². The zero-order chi connectivity index (χ0) is 13.7. The summed E-state index contributed by atoms with van der Waals surface area (Å²) in [6.07, 6.45) is 1.01. The number of hydrogen-bond donors (Lipinski definition) is 1. The molecule has 100 valence electrons. The van der Waals surface area contributed by atoms with Crippen LogP contribution in [0.2, 0.25) is 0 Å². The zero-order valence-corrected chi connectivity index (χ0v) is 11.1. The number of hydrogen-bond acceptors (Lipinski definition) is 3. The van der Waals surface area contributed by atoms with Gasteiger partial charge < -0.3 is 10.5 Å². The Bertz CT molecular complexity index is 420. The number of methoxy groups -OCH3 is 1. The molecule has 2 unspecified atom stereocenters. The first kappa shape index (κ1) is 14.6. The molecule has 0 saturated heterocycles. The van der Waals surface area contributed by atoms with Gasteiger partial charge in [-0.1, -0.05) is 26.3 Å². The Kier molecular flexibility index (Phi) is 5.28. The highest BCUT2D eigenvalue weighted by atomic mass is 19.1. The molecule has 4 heteroatoms. The van der Waals surface area contributed by atoms with Crippen LogP contribution in [0.15, 0.2) is 18.2 Å². The van der Waals surface area contributed by atoms with Crippen LogP contribution in [0.1, 0.15) is 25.8 Å². The molecule has 0 bridgehead atoms. The van der Waals surface area contributed by atoms with Gasteiger partial charge in [-0.15, -0.1) is 0 Å². The average molecular weight is 253 g/mol. The molecule has 0 aliphatic rings. The predicted molar refractivity (Wildman–Crippen MR) is 69.1 cm³/mol. The minimum Gasteiger partial charge on any atom is -0.494 e. The summed E-state index contributed by atoms with van der Waals surface area (Å²) in [5, 5.41) is 0. The number of ketones is 1. The van der Waals surface area contributed by atoms with Crippen molar-refractivity contribution in [2.24, 2.45) is 11.7 Å².